The molecule has 1 aliphatic rings. The van der Waals surface area contributed by atoms with Crippen molar-refractivity contribution in [2.75, 3.05) is 7.11 Å². The topological polar surface area (TPSA) is 92.7 Å². The van der Waals surface area contributed by atoms with Gasteiger partial charge in [-0.15, -0.1) is 0 Å². The maximum Gasteiger partial charge on any atom is 0.410 e. The first kappa shape index (κ1) is 18.7. The van der Waals surface area contributed by atoms with Crippen LogP contribution in [0.15, 0.2) is 35.3 Å². The number of ketones is 2. The van der Waals surface area contributed by atoms with Crippen molar-refractivity contribution in [1.29, 1.82) is 0 Å². The molecule has 1 aliphatic carbocycles. The van der Waals surface area contributed by atoms with Crippen LogP contribution >= 0.6 is 0 Å². The van der Waals surface area contributed by atoms with Crippen molar-refractivity contribution in [1.82, 2.24) is 5.32 Å². The van der Waals surface area contributed by atoms with E-state index in [1.54, 1.807) is 13.0 Å². The van der Waals surface area contributed by atoms with E-state index in [1.807, 2.05) is 6.92 Å². The van der Waals surface area contributed by atoms with E-state index in [0.717, 1.165) is 12.0 Å². The van der Waals surface area contributed by atoms with Gasteiger partial charge in [-0.2, -0.15) is 0 Å². The zero-order valence-corrected chi connectivity index (χ0v) is 13.7. The van der Waals surface area contributed by atoms with E-state index in [1.165, 1.54) is 19.4 Å². The van der Waals surface area contributed by atoms with Gasteiger partial charge in [0, 0.05) is 19.0 Å². The van der Waals surface area contributed by atoms with Crippen molar-refractivity contribution < 1.29 is 24.2 Å². The summed E-state index contributed by atoms with van der Waals surface area (Å²) in [7, 11) is 1.29. The van der Waals surface area contributed by atoms with E-state index >= 15 is 0 Å². The second-order valence-corrected chi connectivity index (χ2v) is 5.37. The SMILES string of the molecule is CCC(=O)C1=C(O)C=C(C(C)CC/C=C/NC(=O)OC)CC1=O. The molecule has 1 rings (SSSR count). The lowest BCUT2D eigenvalue weighted by Crippen LogP contribution is -2.20. The quantitative estimate of drug-likeness (QED) is 0.703. The van der Waals surface area contributed by atoms with Crippen molar-refractivity contribution in [3.05, 3.63) is 35.3 Å². The molecule has 0 saturated carbocycles. The Balaban J connectivity index is 2.62. The van der Waals surface area contributed by atoms with Crippen LogP contribution in [0.4, 0.5) is 4.79 Å². The molecule has 0 aromatic rings. The molecule has 0 spiro atoms. The lowest BCUT2D eigenvalue weighted by atomic mass is 9.85. The van der Waals surface area contributed by atoms with Crippen molar-refractivity contribution >= 4 is 17.7 Å². The number of aliphatic hydroxyl groups is 1. The van der Waals surface area contributed by atoms with Gasteiger partial charge in [-0.3, -0.25) is 14.9 Å². The first-order chi connectivity index (χ1) is 10.9. The van der Waals surface area contributed by atoms with Gasteiger partial charge in [0.15, 0.2) is 11.6 Å². The van der Waals surface area contributed by atoms with Crippen LogP contribution in [0.1, 0.15) is 39.5 Å². The van der Waals surface area contributed by atoms with Crippen molar-refractivity contribution in [3.8, 4) is 0 Å². The maximum atomic E-state index is 12.0. The Labute approximate surface area is 135 Å². The minimum atomic E-state index is -0.530. The normalized spacial score (nSPS) is 16.3. The number of methoxy groups -OCH3 is 1. The van der Waals surface area contributed by atoms with Crippen LogP contribution in [0.5, 0.6) is 0 Å². The lowest BCUT2D eigenvalue weighted by Gasteiger charge is -2.20. The molecular weight excluding hydrogens is 298 g/mol. The summed E-state index contributed by atoms with van der Waals surface area (Å²) < 4.78 is 4.43. The van der Waals surface area contributed by atoms with Gasteiger partial charge < -0.3 is 9.84 Å². The average Bonchev–Trinajstić information content (AvgIpc) is 2.52. The third-order valence-electron chi connectivity index (χ3n) is 3.73. The largest absolute Gasteiger partial charge is 0.507 e. The third-order valence-corrected chi connectivity index (χ3v) is 3.73. The molecule has 0 radical (unpaired) electrons. The minimum Gasteiger partial charge on any atom is -0.507 e. The van der Waals surface area contributed by atoms with E-state index in [-0.39, 0.29) is 41.7 Å². The van der Waals surface area contributed by atoms with E-state index < -0.39 is 6.09 Å². The van der Waals surface area contributed by atoms with Gasteiger partial charge >= 0.3 is 6.09 Å². The zero-order valence-electron chi connectivity index (χ0n) is 13.7. The maximum absolute atomic E-state index is 12.0. The number of alkyl carbamates (subject to hydrolysis) is 1. The zero-order chi connectivity index (χ0) is 17.4. The van der Waals surface area contributed by atoms with E-state index in [9.17, 15) is 19.5 Å². The third kappa shape index (κ3) is 5.39. The second kappa shape index (κ2) is 8.92. The van der Waals surface area contributed by atoms with Gasteiger partial charge in [-0.05, 0) is 24.8 Å². The summed E-state index contributed by atoms with van der Waals surface area (Å²) in [4.78, 5) is 34.6. The summed E-state index contributed by atoms with van der Waals surface area (Å²) in [6.07, 6.45) is 6.11. The Morgan fingerprint density at radius 2 is 2.17 bits per heavy atom. The molecule has 23 heavy (non-hydrogen) atoms. The number of rotatable bonds is 7. The number of carbonyl (C=O) groups is 3. The number of hydrogen-bond donors (Lipinski definition) is 2. The first-order valence-electron chi connectivity index (χ1n) is 7.60. The second-order valence-electron chi connectivity index (χ2n) is 5.37. The number of carbonyl (C=O) groups excluding carboxylic acids is 3. The molecule has 1 atom stereocenters. The number of hydrogen-bond acceptors (Lipinski definition) is 5. The van der Waals surface area contributed by atoms with Gasteiger partial charge in [-0.1, -0.05) is 25.5 Å². The first-order valence-corrected chi connectivity index (χ1v) is 7.60. The van der Waals surface area contributed by atoms with E-state index in [4.69, 9.17) is 0 Å². The Morgan fingerprint density at radius 3 is 2.74 bits per heavy atom. The van der Waals surface area contributed by atoms with Crippen LogP contribution in [0, 0.1) is 5.92 Å². The molecule has 6 heteroatoms. The fraction of sp³-hybridized carbons (Fsp3) is 0.471. The molecule has 0 bridgehead atoms. The predicted octanol–water partition coefficient (Wildman–Crippen LogP) is 2.96. The number of nitrogens with one attached hydrogen (secondary N) is 1. The molecule has 0 saturated heterocycles. The lowest BCUT2D eigenvalue weighted by molar-refractivity contribution is -0.121. The molecule has 1 unspecified atom stereocenters. The summed E-state index contributed by atoms with van der Waals surface area (Å²) >= 11 is 0. The van der Waals surface area contributed by atoms with Crippen LogP contribution in [0.2, 0.25) is 0 Å². The summed E-state index contributed by atoms with van der Waals surface area (Å²) in [5.74, 6) is -0.783. The Bertz CT molecular complexity index is 572. The van der Waals surface area contributed by atoms with E-state index in [0.29, 0.717) is 6.42 Å². The molecule has 126 valence electrons. The molecule has 0 fully saturated rings. The highest BCUT2D eigenvalue weighted by Crippen LogP contribution is 2.28. The van der Waals surface area contributed by atoms with Gasteiger partial charge in [0.1, 0.15) is 11.3 Å². The number of ether oxygens (including phenoxy) is 1. The molecule has 1 amide bonds. The van der Waals surface area contributed by atoms with Gasteiger partial charge in [-0.25, -0.2) is 4.79 Å². The average molecular weight is 321 g/mol. The minimum absolute atomic E-state index is 0.0781. The van der Waals surface area contributed by atoms with Crippen LogP contribution in [0.3, 0.4) is 0 Å². The standard InChI is InChI=1S/C17H23NO5/c1-4-13(19)16-14(20)9-12(10-15(16)21)11(2)7-5-6-8-18-17(22)23-3/h6,8-9,11,20H,4-5,7,10H2,1-3H3,(H,18,22)/b8-6+. The number of aliphatic hydroxyl groups excluding tert-OH is 1. The molecular formula is C17H23NO5. The van der Waals surface area contributed by atoms with Crippen LogP contribution in [-0.2, 0) is 14.3 Å². The highest BCUT2D eigenvalue weighted by molar-refractivity contribution is 6.21. The van der Waals surface area contributed by atoms with E-state index in [2.05, 4.69) is 10.1 Å². The molecule has 0 heterocycles. The van der Waals surface area contributed by atoms with Crippen molar-refractivity contribution in [2.45, 2.75) is 39.5 Å². The molecule has 0 aliphatic heterocycles. The smallest absolute Gasteiger partial charge is 0.410 e. The predicted molar refractivity (Wildman–Crippen MR) is 85.7 cm³/mol. The highest BCUT2D eigenvalue weighted by Gasteiger charge is 2.27. The number of allylic oxidation sites excluding steroid dienone is 4. The van der Waals surface area contributed by atoms with Gasteiger partial charge in [0.25, 0.3) is 0 Å². The molecule has 0 aromatic heterocycles. The Hall–Kier alpha value is -2.37. The summed E-state index contributed by atoms with van der Waals surface area (Å²) in [5.41, 5.74) is 0.736. The van der Waals surface area contributed by atoms with Crippen molar-refractivity contribution in [3.63, 3.8) is 0 Å². The monoisotopic (exact) mass is 321 g/mol. The fourth-order valence-corrected chi connectivity index (χ4v) is 2.31. The Morgan fingerprint density at radius 1 is 1.48 bits per heavy atom. The van der Waals surface area contributed by atoms with Gasteiger partial charge in [0.05, 0.1) is 7.11 Å². The number of Topliss-reactive ketones (excluding diaryl/α,β-unsaturated/α-hetero) is 2. The van der Waals surface area contributed by atoms with Crippen LogP contribution in [0.25, 0.3) is 0 Å². The van der Waals surface area contributed by atoms with Crippen LogP contribution in [-0.4, -0.2) is 29.9 Å². The van der Waals surface area contributed by atoms with Crippen molar-refractivity contribution in [2.24, 2.45) is 5.92 Å². The Kier molecular flexibility index (Phi) is 7.25. The molecule has 2 N–H and O–H groups in total. The highest BCUT2D eigenvalue weighted by atomic mass is 16.5. The number of amides is 1. The molecule has 6 nitrogen and oxygen atoms in total. The fourth-order valence-electron chi connectivity index (χ4n) is 2.31. The van der Waals surface area contributed by atoms with Crippen LogP contribution < -0.4 is 5.32 Å². The van der Waals surface area contributed by atoms with Gasteiger partial charge in [0.2, 0.25) is 0 Å². The summed E-state index contributed by atoms with van der Waals surface area (Å²) in [6.45, 7) is 3.62. The summed E-state index contributed by atoms with van der Waals surface area (Å²) in [6, 6.07) is 0. The summed E-state index contributed by atoms with van der Waals surface area (Å²) in [5, 5.41) is 12.4. The molecule has 0 aromatic carbocycles.